The first-order valence-corrected chi connectivity index (χ1v) is 7.14. The molecule has 7 heteroatoms. The van der Waals surface area contributed by atoms with Gasteiger partial charge in [0.1, 0.15) is 5.69 Å². The third kappa shape index (κ3) is 2.68. The van der Waals surface area contributed by atoms with Gasteiger partial charge < -0.3 is 5.32 Å². The van der Waals surface area contributed by atoms with Gasteiger partial charge in [0, 0.05) is 17.3 Å². The lowest BCUT2D eigenvalue weighted by atomic mass is 10.1. The van der Waals surface area contributed by atoms with Gasteiger partial charge in [-0.1, -0.05) is 0 Å². The van der Waals surface area contributed by atoms with Gasteiger partial charge in [0.2, 0.25) is 0 Å². The van der Waals surface area contributed by atoms with Crippen molar-refractivity contribution in [1.82, 2.24) is 9.97 Å². The summed E-state index contributed by atoms with van der Waals surface area (Å²) in [5.74, 6) is 0. The highest BCUT2D eigenvalue weighted by atomic mass is 32.1. The average molecular weight is 300 g/mol. The monoisotopic (exact) mass is 300 g/mol. The lowest BCUT2D eigenvalue weighted by Crippen LogP contribution is -2.02. The van der Waals surface area contributed by atoms with Gasteiger partial charge in [0.05, 0.1) is 27.4 Å². The number of nitro benzene ring substituents is 1. The van der Waals surface area contributed by atoms with Crippen molar-refractivity contribution in [3.05, 3.63) is 56.7 Å². The topological polar surface area (TPSA) is 81.0 Å². The van der Waals surface area contributed by atoms with Gasteiger partial charge >= 0.3 is 5.69 Å². The number of fused-ring (bicyclic) bond motifs is 1. The summed E-state index contributed by atoms with van der Waals surface area (Å²) in [5, 5.41) is 16.0. The van der Waals surface area contributed by atoms with Gasteiger partial charge in [0.25, 0.3) is 0 Å². The van der Waals surface area contributed by atoms with Crippen LogP contribution in [0.5, 0.6) is 0 Å². The number of anilines is 1. The van der Waals surface area contributed by atoms with Crippen molar-refractivity contribution in [1.29, 1.82) is 0 Å². The van der Waals surface area contributed by atoms with Crippen molar-refractivity contribution in [3.63, 3.8) is 0 Å². The molecule has 21 heavy (non-hydrogen) atoms. The minimum absolute atomic E-state index is 0.0573. The fourth-order valence-electron chi connectivity index (χ4n) is 2.15. The van der Waals surface area contributed by atoms with Crippen LogP contribution in [0.2, 0.25) is 0 Å². The molecule has 0 spiro atoms. The minimum Gasteiger partial charge on any atom is -0.375 e. The standard InChI is InChI=1S/C14H12N4O2S/c1-9-16-7-10(21-9)8-17-13-5-4-12-11(3-2-6-15-12)14(13)18(19)20/h2-7,17H,8H2,1H3. The fourth-order valence-corrected chi connectivity index (χ4v) is 2.88. The Bertz CT molecular complexity index is 816. The fraction of sp³-hybridized carbons (Fsp3) is 0.143. The van der Waals surface area contributed by atoms with Crippen LogP contribution in [0.4, 0.5) is 11.4 Å². The first-order valence-electron chi connectivity index (χ1n) is 6.32. The van der Waals surface area contributed by atoms with Gasteiger partial charge in [-0.3, -0.25) is 15.1 Å². The number of thiazole rings is 1. The van der Waals surface area contributed by atoms with Crippen LogP contribution in [0.1, 0.15) is 9.88 Å². The molecule has 2 aromatic heterocycles. The predicted molar refractivity (Wildman–Crippen MR) is 82.6 cm³/mol. The van der Waals surface area contributed by atoms with E-state index in [1.165, 1.54) is 0 Å². The zero-order chi connectivity index (χ0) is 14.8. The molecule has 1 aromatic carbocycles. The highest BCUT2D eigenvalue weighted by Gasteiger charge is 2.18. The van der Waals surface area contributed by atoms with E-state index in [1.54, 1.807) is 48.0 Å². The molecule has 0 atom stereocenters. The molecule has 2 heterocycles. The van der Waals surface area contributed by atoms with E-state index in [4.69, 9.17) is 0 Å². The van der Waals surface area contributed by atoms with Crippen molar-refractivity contribution in [3.8, 4) is 0 Å². The third-order valence-electron chi connectivity index (χ3n) is 3.06. The number of nitrogens with zero attached hydrogens (tertiary/aromatic N) is 3. The van der Waals surface area contributed by atoms with Gasteiger partial charge in [-0.25, -0.2) is 4.98 Å². The van der Waals surface area contributed by atoms with Crippen LogP contribution >= 0.6 is 11.3 Å². The number of nitrogens with one attached hydrogen (secondary N) is 1. The van der Waals surface area contributed by atoms with Crippen LogP contribution in [0.25, 0.3) is 10.9 Å². The lowest BCUT2D eigenvalue weighted by molar-refractivity contribution is -0.382. The third-order valence-corrected chi connectivity index (χ3v) is 3.97. The molecule has 0 saturated heterocycles. The number of aryl methyl sites for hydroxylation is 1. The zero-order valence-electron chi connectivity index (χ0n) is 11.2. The number of pyridine rings is 1. The Hall–Kier alpha value is -2.54. The van der Waals surface area contributed by atoms with E-state index in [-0.39, 0.29) is 10.6 Å². The largest absolute Gasteiger partial charge is 0.375 e. The summed E-state index contributed by atoms with van der Waals surface area (Å²) in [6, 6.07) is 6.89. The van der Waals surface area contributed by atoms with Gasteiger partial charge in [0.15, 0.2) is 0 Å². The minimum atomic E-state index is -0.371. The SMILES string of the molecule is Cc1ncc(CNc2ccc3ncccc3c2[N+](=O)[O-])s1. The number of rotatable bonds is 4. The Kier molecular flexibility index (Phi) is 3.49. The van der Waals surface area contributed by atoms with Crippen molar-refractivity contribution in [2.75, 3.05) is 5.32 Å². The van der Waals surface area contributed by atoms with Crippen molar-refractivity contribution in [2.45, 2.75) is 13.5 Å². The van der Waals surface area contributed by atoms with Crippen LogP contribution in [0.15, 0.2) is 36.7 Å². The maximum Gasteiger partial charge on any atom is 0.301 e. The summed E-state index contributed by atoms with van der Waals surface area (Å²) in [4.78, 5) is 20.4. The predicted octanol–water partition coefficient (Wildman–Crippen LogP) is 3.52. The molecule has 0 saturated carbocycles. The molecule has 3 aromatic rings. The normalized spacial score (nSPS) is 10.7. The molecule has 0 unspecified atom stereocenters. The molecule has 0 aliphatic heterocycles. The number of hydrogen-bond acceptors (Lipinski definition) is 6. The molecule has 6 nitrogen and oxygen atoms in total. The second-order valence-electron chi connectivity index (χ2n) is 4.49. The maximum atomic E-state index is 11.4. The smallest absolute Gasteiger partial charge is 0.301 e. The highest BCUT2D eigenvalue weighted by Crippen LogP contribution is 2.32. The van der Waals surface area contributed by atoms with E-state index in [0.29, 0.717) is 23.1 Å². The van der Waals surface area contributed by atoms with Gasteiger partial charge in [-0.15, -0.1) is 11.3 Å². The molecular weight excluding hydrogens is 288 g/mol. The number of aromatic nitrogens is 2. The summed E-state index contributed by atoms with van der Waals surface area (Å²) in [5.41, 5.74) is 1.16. The average Bonchev–Trinajstić information content (AvgIpc) is 2.89. The Morgan fingerprint density at radius 1 is 1.33 bits per heavy atom. The van der Waals surface area contributed by atoms with Gasteiger partial charge in [-0.2, -0.15) is 0 Å². The summed E-state index contributed by atoms with van der Waals surface area (Å²) >= 11 is 1.57. The van der Waals surface area contributed by atoms with Crippen LogP contribution in [0, 0.1) is 17.0 Å². The Labute approximate surface area is 124 Å². The second-order valence-corrected chi connectivity index (χ2v) is 5.81. The first-order chi connectivity index (χ1) is 10.1. The van der Waals surface area contributed by atoms with E-state index >= 15 is 0 Å². The Morgan fingerprint density at radius 2 is 2.19 bits per heavy atom. The van der Waals surface area contributed by atoms with Gasteiger partial charge in [-0.05, 0) is 31.2 Å². The quantitative estimate of drug-likeness (QED) is 0.589. The lowest BCUT2D eigenvalue weighted by Gasteiger charge is -2.07. The van der Waals surface area contributed by atoms with E-state index < -0.39 is 0 Å². The zero-order valence-corrected chi connectivity index (χ0v) is 12.1. The molecular formula is C14H12N4O2S. The molecule has 0 amide bonds. The van der Waals surface area contributed by atoms with Crippen molar-refractivity contribution in [2.24, 2.45) is 0 Å². The number of nitro groups is 1. The molecule has 0 aliphatic rings. The highest BCUT2D eigenvalue weighted by molar-refractivity contribution is 7.11. The molecule has 0 radical (unpaired) electrons. The summed E-state index contributed by atoms with van der Waals surface area (Å²) in [7, 11) is 0. The molecule has 106 valence electrons. The first kappa shape index (κ1) is 13.4. The summed E-state index contributed by atoms with van der Waals surface area (Å²) in [6.45, 7) is 2.44. The molecule has 0 fully saturated rings. The van der Waals surface area contributed by atoms with Crippen LogP contribution in [-0.2, 0) is 6.54 Å². The van der Waals surface area contributed by atoms with Crippen molar-refractivity contribution < 1.29 is 4.92 Å². The van der Waals surface area contributed by atoms with E-state index in [1.807, 2.05) is 6.92 Å². The molecule has 0 aliphatic carbocycles. The number of benzene rings is 1. The number of hydrogen-bond donors (Lipinski definition) is 1. The van der Waals surface area contributed by atoms with Crippen LogP contribution in [-0.4, -0.2) is 14.9 Å². The van der Waals surface area contributed by atoms with Crippen molar-refractivity contribution >= 4 is 33.6 Å². The van der Waals surface area contributed by atoms with E-state index in [2.05, 4.69) is 15.3 Å². The summed E-state index contributed by atoms with van der Waals surface area (Å²) in [6.07, 6.45) is 3.40. The Morgan fingerprint density at radius 3 is 2.90 bits per heavy atom. The molecule has 0 bridgehead atoms. The van der Waals surface area contributed by atoms with E-state index in [0.717, 1.165) is 9.88 Å². The molecule has 1 N–H and O–H groups in total. The van der Waals surface area contributed by atoms with Crippen LogP contribution < -0.4 is 5.32 Å². The second kappa shape index (κ2) is 5.45. The van der Waals surface area contributed by atoms with Crippen LogP contribution in [0.3, 0.4) is 0 Å². The Balaban J connectivity index is 1.97. The summed E-state index contributed by atoms with van der Waals surface area (Å²) < 4.78 is 0. The maximum absolute atomic E-state index is 11.4. The molecule has 3 rings (SSSR count). The van der Waals surface area contributed by atoms with E-state index in [9.17, 15) is 10.1 Å².